The number of carbonyl (C=O) groups excluding carboxylic acids is 1. The fourth-order valence-corrected chi connectivity index (χ4v) is 4.39. The predicted molar refractivity (Wildman–Crippen MR) is 131 cm³/mol. The first-order chi connectivity index (χ1) is 15.3. The van der Waals surface area contributed by atoms with Gasteiger partial charge in [-0.05, 0) is 50.5 Å². The number of para-hydroxylation sites is 2. The van der Waals surface area contributed by atoms with E-state index < -0.39 is 0 Å². The largest absolute Gasteiger partial charge is 0.482 e. The molecule has 0 saturated carbocycles. The second-order valence-electron chi connectivity index (χ2n) is 8.07. The first kappa shape index (κ1) is 24.1. The Hall–Kier alpha value is -2.51. The first-order valence-corrected chi connectivity index (χ1v) is 12.0. The molecule has 3 aromatic rings. The summed E-state index contributed by atoms with van der Waals surface area (Å²) in [6.07, 6.45) is -0.295. The molecule has 170 valence electrons. The molecule has 0 saturated heterocycles. The third-order valence-corrected chi connectivity index (χ3v) is 6.17. The van der Waals surface area contributed by atoms with Gasteiger partial charge in [-0.3, -0.25) is 4.79 Å². The van der Waals surface area contributed by atoms with Crippen molar-refractivity contribution in [1.29, 1.82) is 0 Å². The van der Waals surface area contributed by atoms with Gasteiger partial charge in [0.2, 0.25) is 5.91 Å². The second-order valence-corrected chi connectivity index (χ2v) is 9.42. The SMILES string of the molecule is CC(C)c1ccccc1OC(C)c1nnc(SCC(=O)Nc2ccccc2Cl)n1C(C)C. The van der Waals surface area contributed by atoms with Crippen LogP contribution in [-0.2, 0) is 4.79 Å². The maximum absolute atomic E-state index is 12.4. The molecule has 1 amide bonds. The van der Waals surface area contributed by atoms with Gasteiger partial charge in [-0.2, -0.15) is 0 Å². The van der Waals surface area contributed by atoms with Gasteiger partial charge >= 0.3 is 0 Å². The predicted octanol–water partition coefficient (Wildman–Crippen LogP) is 6.51. The second kappa shape index (κ2) is 10.9. The van der Waals surface area contributed by atoms with Crippen molar-refractivity contribution in [2.45, 2.75) is 57.8 Å². The monoisotopic (exact) mass is 472 g/mol. The van der Waals surface area contributed by atoms with Crippen LogP contribution in [0.1, 0.15) is 64.1 Å². The van der Waals surface area contributed by atoms with Crippen LogP contribution in [0.15, 0.2) is 53.7 Å². The first-order valence-electron chi connectivity index (χ1n) is 10.7. The van der Waals surface area contributed by atoms with Crippen molar-refractivity contribution in [3.05, 3.63) is 64.9 Å². The molecule has 0 fully saturated rings. The van der Waals surface area contributed by atoms with Gasteiger partial charge in [0.05, 0.1) is 16.5 Å². The lowest BCUT2D eigenvalue weighted by molar-refractivity contribution is -0.113. The summed E-state index contributed by atoms with van der Waals surface area (Å²) in [5.74, 6) is 1.97. The van der Waals surface area contributed by atoms with Crippen molar-refractivity contribution in [3.8, 4) is 5.75 Å². The van der Waals surface area contributed by atoms with E-state index in [2.05, 4.69) is 49.3 Å². The van der Waals surface area contributed by atoms with Crippen molar-refractivity contribution in [2.24, 2.45) is 0 Å². The summed E-state index contributed by atoms with van der Waals surface area (Å²) in [4.78, 5) is 12.4. The van der Waals surface area contributed by atoms with E-state index >= 15 is 0 Å². The van der Waals surface area contributed by atoms with Crippen molar-refractivity contribution in [3.63, 3.8) is 0 Å². The van der Waals surface area contributed by atoms with E-state index in [1.165, 1.54) is 11.8 Å². The molecule has 3 rings (SSSR count). The van der Waals surface area contributed by atoms with Gasteiger partial charge in [-0.15, -0.1) is 10.2 Å². The van der Waals surface area contributed by atoms with Crippen LogP contribution in [0.2, 0.25) is 5.02 Å². The summed E-state index contributed by atoms with van der Waals surface area (Å²) in [5.41, 5.74) is 1.75. The van der Waals surface area contributed by atoms with Crippen LogP contribution in [0.4, 0.5) is 5.69 Å². The zero-order chi connectivity index (χ0) is 23.3. The van der Waals surface area contributed by atoms with Crippen LogP contribution in [0, 0.1) is 0 Å². The quantitative estimate of drug-likeness (QED) is 0.359. The van der Waals surface area contributed by atoms with Crippen LogP contribution < -0.4 is 10.1 Å². The number of aromatic nitrogens is 3. The maximum atomic E-state index is 12.4. The minimum Gasteiger partial charge on any atom is -0.482 e. The van der Waals surface area contributed by atoms with Gasteiger partial charge in [0.1, 0.15) is 5.75 Å². The van der Waals surface area contributed by atoms with E-state index in [1.54, 1.807) is 12.1 Å². The highest BCUT2D eigenvalue weighted by molar-refractivity contribution is 7.99. The normalized spacial score (nSPS) is 12.2. The zero-order valence-electron chi connectivity index (χ0n) is 19.0. The molecule has 0 spiro atoms. The van der Waals surface area contributed by atoms with E-state index in [1.807, 2.05) is 41.8 Å². The number of amides is 1. The Labute approximate surface area is 198 Å². The molecule has 1 unspecified atom stereocenters. The number of rotatable bonds is 9. The Bertz CT molecular complexity index is 1070. The number of anilines is 1. The van der Waals surface area contributed by atoms with Crippen LogP contribution in [0.3, 0.4) is 0 Å². The highest BCUT2D eigenvalue weighted by Crippen LogP contribution is 2.32. The topological polar surface area (TPSA) is 69.0 Å². The summed E-state index contributed by atoms with van der Waals surface area (Å²) in [6.45, 7) is 10.4. The summed E-state index contributed by atoms with van der Waals surface area (Å²) < 4.78 is 8.31. The lowest BCUT2D eigenvalue weighted by Crippen LogP contribution is -2.17. The maximum Gasteiger partial charge on any atom is 0.234 e. The van der Waals surface area contributed by atoms with E-state index in [9.17, 15) is 4.79 Å². The van der Waals surface area contributed by atoms with Crippen molar-refractivity contribution in [1.82, 2.24) is 14.8 Å². The molecule has 1 aromatic heterocycles. The van der Waals surface area contributed by atoms with Gasteiger partial charge in [0.15, 0.2) is 17.1 Å². The molecule has 8 heteroatoms. The van der Waals surface area contributed by atoms with Crippen LogP contribution in [0.25, 0.3) is 0 Å². The third-order valence-electron chi connectivity index (χ3n) is 4.90. The minimum absolute atomic E-state index is 0.112. The number of halogens is 1. The lowest BCUT2D eigenvalue weighted by Gasteiger charge is -2.21. The summed E-state index contributed by atoms with van der Waals surface area (Å²) in [6, 6.07) is 15.3. The van der Waals surface area contributed by atoms with Crippen LogP contribution >= 0.6 is 23.4 Å². The number of benzene rings is 2. The molecule has 1 N–H and O–H groups in total. The number of nitrogens with one attached hydrogen (secondary N) is 1. The Morgan fingerprint density at radius 3 is 2.44 bits per heavy atom. The number of thioether (sulfide) groups is 1. The Balaban J connectivity index is 1.72. The molecule has 0 aliphatic rings. The molecular weight excluding hydrogens is 444 g/mol. The van der Waals surface area contributed by atoms with E-state index in [0.717, 1.165) is 17.1 Å². The number of nitrogens with zero attached hydrogens (tertiary/aromatic N) is 3. The summed E-state index contributed by atoms with van der Waals surface area (Å²) in [5, 5.41) is 12.8. The van der Waals surface area contributed by atoms with Gasteiger partial charge < -0.3 is 14.6 Å². The number of ether oxygens (including phenoxy) is 1. The summed E-state index contributed by atoms with van der Waals surface area (Å²) in [7, 11) is 0. The molecule has 1 atom stereocenters. The number of carbonyl (C=O) groups is 1. The molecule has 1 heterocycles. The molecule has 0 radical (unpaired) electrons. The van der Waals surface area contributed by atoms with Crippen LogP contribution in [0.5, 0.6) is 5.75 Å². The molecule has 32 heavy (non-hydrogen) atoms. The third kappa shape index (κ3) is 5.84. The van der Waals surface area contributed by atoms with Gasteiger partial charge in [-0.25, -0.2) is 0 Å². The van der Waals surface area contributed by atoms with Crippen molar-refractivity contribution in [2.75, 3.05) is 11.1 Å². The molecular formula is C24H29ClN4O2S. The molecule has 0 aliphatic carbocycles. The number of hydrogen-bond donors (Lipinski definition) is 1. The number of hydrogen-bond acceptors (Lipinski definition) is 5. The van der Waals surface area contributed by atoms with E-state index in [-0.39, 0.29) is 23.8 Å². The fourth-order valence-electron chi connectivity index (χ4n) is 3.34. The van der Waals surface area contributed by atoms with E-state index in [4.69, 9.17) is 16.3 Å². The Morgan fingerprint density at radius 1 is 1.06 bits per heavy atom. The molecule has 0 bridgehead atoms. The minimum atomic E-state index is -0.295. The van der Waals surface area contributed by atoms with Gasteiger partial charge in [0.25, 0.3) is 0 Å². The molecule has 0 aliphatic heterocycles. The molecule has 6 nitrogen and oxygen atoms in total. The van der Waals surface area contributed by atoms with Gasteiger partial charge in [-0.1, -0.05) is 67.5 Å². The van der Waals surface area contributed by atoms with Crippen LogP contribution in [-0.4, -0.2) is 26.4 Å². The highest BCUT2D eigenvalue weighted by Gasteiger charge is 2.23. The molecule has 2 aromatic carbocycles. The Kier molecular flexibility index (Phi) is 8.21. The van der Waals surface area contributed by atoms with E-state index in [0.29, 0.717) is 21.8 Å². The zero-order valence-corrected chi connectivity index (χ0v) is 20.6. The highest BCUT2D eigenvalue weighted by atomic mass is 35.5. The van der Waals surface area contributed by atoms with Gasteiger partial charge in [0, 0.05) is 6.04 Å². The Morgan fingerprint density at radius 2 is 1.75 bits per heavy atom. The smallest absolute Gasteiger partial charge is 0.234 e. The average Bonchev–Trinajstić information content (AvgIpc) is 3.19. The van der Waals surface area contributed by atoms with Crippen molar-refractivity contribution < 1.29 is 9.53 Å². The standard InChI is InChI=1S/C24H29ClN4O2S/c1-15(2)18-10-6-9-13-21(18)31-17(5)23-27-28-24(29(23)16(3)4)32-14-22(30)26-20-12-8-7-11-19(20)25/h6-13,15-17H,14H2,1-5H3,(H,26,30). The average molecular weight is 473 g/mol. The summed E-state index contributed by atoms with van der Waals surface area (Å²) >= 11 is 7.47. The lowest BCUT2D eigenvalue weighted by atomic mass is 10.0. The fraction of sp³-hybridized carbons (Fsp3) is 0.375. The van der Waals surface area contributed by atoms with Crippen molar-refractivity contribution >= 4 is 35.0 Å².